The molecule has 2 aromatic rings. The van der Waals surface area contributed by atoms with Crippen LogP contribution in [0.4, 0.5) is 0 Å². The number of nitrogens with two attached hydrogens (primary N) is 1. The summed E-state index contributed by atoms with van der Waals surface area (Å²) < 4.78 is 2.09. The Bertz CT molecular complexity index is 467. The van der Waals surface area contributed by atoms with Crippen LogP contribution in [0.3, 0.4) is 0 Å². The second kappa shape index (κ2) is 5.40. The third-order valence-corrected chi connectivity index (χ3v) is 4.36. The summed E-state index contributed by atoms with van der Waals surface area (Å²) in [6.45, 7) is 0. The van der Waals surface area contributed by atoms with E-state index < -0.39 is 0 Å². The largest absolute Gasteiger partial charge is 0.322 e. The van der Waals surface area contributed by atoms with Gasteiger partial charge in [-0.3, -0.25) is 4.98 Å². The third kappa shape index (κ3) is 3.13. The van der Waals surface area contributed by atoms with Crippen LogP contribution in [0.1, 0.15) is 16.6 Å². The molecule has 0 aliphatic heterocycles. The van der Waals surface area contributed by atoms with Gasteiger partial charge in [-0.25, -0.2) is 0 Å². The van der Waals surface area contributed by atoms with E-state index in [1.807, 2.05) is 12.1 Å². The lowest BCUT2D eigenvalue weighted by molar-refractivity contribution is 0.703. The highest BCUT2D eigenvalue weighted by Crippen LogP contribution is 2.24. The summed E-state index contributed by atoms with van der Waals surface area (Å²) in [5, 5.41) is 2.07. The number of hydrogen-bond donors (Lipinski definition) is 1. The monoisotopic (exact) mass is 360 g/mol. The maximum absolute atomic E-state index is 6.10. The SMILES string of the molecule is NC(Cc1cc(Br)cs1)c1ccc(Br)cn1. The molecule has 0 spiro atoms. The standard InChI is InChI=1S/C11H10Br2N2S/c12-7-1-2-11(15-5-7)10(14)4-9-3-8(13)6-16-9/h1-3,5-6,10H,4,14H2. The first kappa shape index (κ1) is 12.2. The molecule has 5 heteroatoms. The van der Waals surface area contributed by atoms with Crippen molar-refractivity contribution in [2.45, 2.75) is 12.5 Å². The van der Waals surface area contributed by atoms with Crippen LogP contribution in [0.15, 0.2) is 38.7 Å². The molecule has 0 aliphatic rings. The molecule has 1 atom stereocenters. The number of thiophene rings is 1. The highest BCUT2D eigenvalue weighted by Gasteiger charge is 2.09. The summed E-state index contributed by atoms with van der Waals surface area (Å²) in [4.78, 5) is 5.57. The Morgan fingerprint density at radius 2 is 2.12 bits per heavy atom. The van der Waals surface area contributed by atoms with Crippen LogP contribution < -0.4 is 5.73 Å². The molecule has 2 N–H and O–H groups in total. The predicted octanol–water partition coefficient (Wildman–Crippen LogP) is 3.91. The minimum Gasteiger partial charge on any atom is -0.322 e. The molecule has 0 aliphatic carbocycles. The lowest BCUT2D eigenvalue weighted by Crippen LogP contribution is -2.14. The number of pyridine rings is 1. The second-order valence-electron chi connectivity index (χ2n) is 3.44. The highest BCUT2D eigenvalue weighted by molar-refractivity contribution is 9.10. The molecule has 0 saturated heterocycles. The van der Waals surface area contributed by atoms with Crippen LogP contribution in [0.2, 0.25) is 0 Å². The molecule has 2 heterocycles. The molecule has 2 aromatic heterocycles. The minimum atomic E-state index is -0.0429. The van der Waals surface area contributed by atoms with Gasteiger partial charge in [0.15, 0.2) is 0 Å². The van der Waals surface area contributed by atoms with E-state index in [2.05, 4.69) is 48.3 Å². The van der Waals surface area contributed by atoms with Crippen molar-refractivity contribution in [1.29, 1.82) is 0 Å². The molecule has 0 fully saturated rings. The molecule has 2 nitrogen and oxygen atoms in total. The number of halogens is 2. The lowest BCUT2D eigenvalue weighted by Gasteiger charge is -2.09. The van der Waals surface area contributed by atoms with Crippen LogP contribution >= 0.6 is 43.2 Å². The highest BCUT2D eigenvalue weighted by atomic mass is 79.9. The van der Waals surface area contributed by atoms with E-state index in [-0.39, 0.29) is 6.04 Å². The molecule has 2 rings (SSSR count). The third-order valence-electron chi connectivity index (χ3n) is 2.17. The van der Waals surface area contributed by atoms with Crippen LogP contribution in [0, 0.1) is 0 Å². The normalized spacial score (nSPS) is 12.7. The van der Waals surface area contributed by atoms with E-state index >= 15 is 0 Å². The van der Waals surface area contributed by atoms with Gasteiger partial charge in [0.2, 0.25) is 0 Å². The number of rotatable bonds is 3. The van der Waals surface area contributed by atoms with Gasteiger partial charge < -0.3 is 5.73 Å². The quantitative estimate of drug-likeness (QED) is 0.899. The van der Waals surface area contributed by atoms with E-state index in [1.54, 1.807) is 17.5 Å². The van der Waals surface area contributed by atoms with E-state index in [9.17, 15) is 0 Å². The van der Waals surface area contributed by atoms with Crippen molar-refractivity contribution in [3.8, 4) is 0 Å². The fourth-order valence-electron chi connectivity index (χ4n) is 1.39. The molecule has 0 amide bonds. The van der Waals surface area contributed by atoms with Crippen LogP contribution in [-0.4, -0.2) is 4.98 Å². The summed E-state index contributed by atoms with van der Waals surface area (Å²) in [7, 11) is 0. The summed E-state index contributed by atoms with van der Waals surface area (Å²) in [6, 6.07) is 5.98. The van der Waals surface area contributed by atoms with Crippen molar-refractivity contribution in [2.75, 3.05) is 0 Å². The van der Waals surface area contributed by atoms with Crippen molar-refractivity contribution < 1.29 is 0 Å². The molecule has 0 aromatic carbocycles. The Balaban J connectivity index is 2.08. The van der Waals surface area contributed by atoms with E-state index in [0.29, 0.717) is 0 Å². The van der Waals surface area contributed by atoms with Crippen molar-refractivity contribution in [3.05, 3.63) is 49.3 Å². The second-order valence-corrected chi connectivity index (χ2v) is 6.27. The van der Waals surface area contributed by atoms with Crippen molar-refractivity contribution in [2.24, 2.45) is 5.73 Å². The summed E-state index contributed by atoms with van der Waals surface area (Å²) in [6.07, 6.45) is 2.60. The van der Waals surface area contributed by atoms with Gasteiger partial charge in [0.1, 0.15) is 0 Å². The van der Waals surface area contributed by atoms with Gasteiger partial charge in [0.05, 0.1) is 11.7 Å². The Morgan fingerprint density at radius 3 is 2.69 bits per heavy atom. The van der Waals surface area contributed by atoms with Crippen LogP contribution in [0.25, 0.3) is 0 Å². The zero-order chi connectivity index (χ0) is 11.5. The summed E-state index contributed by atoms with van der Waals surface area (Å²) in [5.74, 6) is 0. The van der Waals surface area contributed by atoms with Gasteiger partial charge in [-0.05, 0) is 50.1 Å². The average molecular weight is 362 g/mol. The fourth-order valence-corrected chi connectivity index (χ4v) is 3.13. The first-order chi connectivity index (χ1) is 7.65. The fraction of sp³-hybridized carbons (Fsp3) is 0.182. The van der Waals surface area contributed by atoms with Crippen molar-refractivity contribution >= 4 is 43.2 Å². The van der Waals surface area contributed by atoms with Crippen LogP contribution in [-0.2, 0) is 6.42 Å². The Morgan fingerprint density at radius 1 is 1.31 bits per heavy atom. The van der Waals surface area contributed by atoms with Gasteiger partial charge in [-0.15, -0.1) is 11.3 Å². The van der Waals surface area contributed by atoms with Gasteiger partial charge in [0.25, 0.3) is 0 Å². The molecule has 1 unspecified atom stereocenters. The van der Waals surface area contributed by atoms with E-state index in [4.69, 9.17) is 5.73 Å². The summed E-state index contributed by atoms with van der Waals surface area (Å²) >= 11 is 8.50. The molecular formula is C11H10Br2N2S. The number of aromatic nitrogens is 1. The van der Waals surface area contributed by atoms with Gasteiger partial charge in [0, 0.05) is 31.8 Å². The average Bonchev–Trinajstić information content (AvgIpc) is 2.65. The zero-order valence-electron chi connectivity index (χ0n) is 8.36. The molecule has 16 heavy (non-hydrogen) atoms. The Hall–Kier alpha value is -0.230. The summed E-state index contributed by atoms with van der Waals surface area (Å²) in [5.41, 5.74) is 7.02. The Labute approximate surface area is 115 Å². The zero-order valence-corrected chi connectivity index (χ0v) is 12.3. The molecule has 84 valence electrons. The van der Waals surface area contributed by atoms with Crippen LogP contribution in [0.5, 0.6) is 0 Å². The van der Waals surface area contributed by atoms with Gasteiger partial charge in [-0.2, -0.15) is 0 Å². The van der Waals surface area contributed by atoms with Gasteiger partial charge >= 0.3 is 0 Å². The lowest BCUT2D eigenvalue weighted by atomic mass is 10.1. The smallest absolute Gasteiger partial charge is 0.0575 e. The van der Waals surface area contributed by atoms with Crippen molar-refractivity contribution in [3.63, 3.8) is 0 Å². The first-order valence-electron chi connectivity index (χ1n) is 4.75. The predicted molar refractivity (Wildman–Crippen MR) is 74.6 cm³/mol. The maximum Gasteiger partial charge on any atom is 0.0575 e. The number of nitrogens with zero attached hydrogens (tertiary/aromatic N) is 1. The van der Waals surface area contributed by atoms with Crippen molar-refractivity contribution in [1.82, 2.24) is 4.98 Å². The molecule has 0 saturated carbocycles. The molecule has 0 radical (unpaired) electrons. The van der Waals surface area contributed by atoms with Gasteiger partial charge in [-0.1, -0.05) is 0 Å². The molecular weight excluding hydrogens is 352 g/mol. The van der Waals surface area contributed by atoms with E-state index in [0.717, 1.165) is 21.1 Å². The maximum atomic E-state index is 6.10. The number of hydrogen-bond acceptors (Lipinski definition) is 3. The minimum absolute atomic E-state index is 0.0429. The Kier molecular flexibility index (Phi) is 4.13. The molecule has 0 bridgehead atoms. The topological polar surface area (TPSA) is 38.9 Å². The first-order valence-corrected chi connectivity index (χ1v) is 7.21. The van der Waals surface area contributed by atoms with E-state index in [1.165, 1.54) is 4.88 Å².